The van der Waals surface area contributed by atoms with Crippen LogP contribution in [0.5, 0.6) is 0 Å². The molecule has 4 nitrogen and oxygen atoms in total. The third-order valence-electron chi connectivity index (χ3n) is 2.68. The van der Waals surface area contributed by atoms with Crippen LogP contribution in [0, 0.1) is 5.41 Å². The number of halogens is 1. The first-order chi connectivity index (χ1) is 9.24. The van der Waals surface area contributed by atoms with E-state index in [1.807, 2.05) is 32.9 Å². The summed E-state index contributed by atoms with van der Waals surface area (Å²) in [6, 6.07) is 7.15. The molecule has 0 amide bonds. The van der Waals surface area contributed by atoms with Crippen molar-refractivity contribution in [3.05, 3.63) is 28.7 Å². The maximum Gasteiger partial charge on any atom is 0.352 e. The highest BCUT2D eigenvalue weighted by molar-refractivity contribution is 9.10. The molecule has 0 aliphatic carbocycles. The summed E-state index contributed by atoms with van der Waals surface area (Å²) in [5, 5.41) is 0. The van der Waals surface area contributed by atoms with Gasteiger partial charge in [0.1, 0.15) is 11.5 Å². The standard InChI is InChI=1S/C15H18BrNO3/c1-15(2,3)13(18)9-12(14(19)20-4)17-11-7-5-10(16)6-8-11/h5-8H,9H2,1-4H3. The normalized spacial score (nSPS) is 12.2. The van der Waals surface area contributed by atoms with Gasteiger partial charge in [0.05, 0.1) is 19.2 Å². The zero-order chi connectivity index (χ0) is 15.3. The number of rotatable bonds is 4. The lowest BCUT2D eigenvalue weighted by Crippen LogP contribution is -2.27. The van der Waals surface area contributed by atoms with Crippen molar-refractivity contribution >= 4 is 39.1 Å². The number of benzene rings is 1. The molecule has 0 saturated heterocycles. The van der Waals surface area contributed by atoms with Crippen molar-refractivity contribution in [2.75, 3.05) is 7.11 Å². The van der Waals surface area contributed by atoms with E-state index in [9.17, 15) is 9.59 Å². The number of nitrogens with zero attached hydrogens (tertiary/aromatic N) is 1. The van der Waals surface area contributed by atoms with Crippen LogP contribution in [0.15, 0.2) is 33.7 Å². The zero-order valence-corrected chi connectivity index (χ0v) is 13.7. The number of carbonyl (C=O) groups excluding carboxylic acids is 2. The van der Waals surface area contributed by atoms with Crippen LogP contribution in [0.25, 0.3) is 0 Å². The monoisotopic (exact) mass is 339 g/mol. The highest BCUT2D eigenvalue weighted by Crippen LogP contribution is 2.20. The van der Waals surface area contributed by atoms with Crippen molar-refractivity contribution in [3.8, 4) is 0 Å². The van der Waals surface area contributed by atoms with Crippen molar-refractivity contribution in [2.24, 2.45) is 10.4 Å². The van der Waals surface area contributed by atoms with Gasteiger partial charge < -0.3 is 4.74 Å². The van der Waals surface area contributed by atoms with Gasteiger partial charge in [-0.05, 0) is 24.3 Å². The van der Waals surface area contributed by atoms with E-state index < -0.39 is 11.4 Å². The van der Waals surface area contributed by atoms with Gasteiger partial charge in [0, 0.05) is 9.89 Å². The van der Waals surface area contributed by atoms with E-state index in [0.717, 1.165) is 4.47 Å². The van der Waals surface area contributed by atoms with Crippen LogP contribution in [-0.4, -0.2) is 24.6 Å². The third kappa shape index (κ3) is 4.89. The molecular formula is C15H18BrNO3. The number of aliphatic imine (C=N–C) groups is 1. The van der Waals surface area contributed by atoms with Crippen molar-refractivity contribution in [2.45, 2.75) is 27.2 Å². The number of hydrogen-bond acceptors (Lipinski definition) is 4. The molecule has 1 rings (SSSR count). The average molecular weight is 340 g/mol. The van der Waals surface area contributed by atoms with Crippen molar-refractivity contribution in [3.63, 3.8) is 0 Å². The lowest BCUT2D eigenvalue weighted by Gasteiger charge is -2.16. The lowest BCUT2D eigenvalue weighted by molar-refractivity contribution is -0.134. The van der Waals surface area contributed by atoms with Crippen LogP contribution >= 0.6 is 15.9 Å². The Balaban J connectivity index is 3.04. The molecule has 0 atom stereocenters. The van der Waals surface area contributed by atoms with Gasteiger partial charge in [0.2, 0.25) is 0 Å². The summed E-state index contributed by atoms with van der Waals surface area (Å²) in [5.74, 6) is -0.635. The number of Topliss-reactive ketones (excluding diaryl/α,β-unsaturated/α-hetero) is 1. The Morgan fingerprint density at radius 2 is 1.75 bits per heavy atom. The van der Waals surface area contributed by atoms with Crippen LogP contribution in [-0.2, 0) is 14.3 Å². The molecule has 0 fully saturated rings. The highest BCUT2D eigenvalue weighted by atomic mass is 79.9. The average Bonchev–Trinajstić information content (AvgIpc) is 2.38. The molecule has 5 heteroatoms. The van der Waals surface area contributed by atoms with E-state index in [-0.39, 0.29) is 17.9 Å². The Morgan fingerprint density at radius 1 is 1.20 bits per heavy atom. The highest BCUT2D eigenvalue weighted by Gasteiger charge is 2.25. The molecule has 0 heterocycles. The summed E-state index contributed by atoms with van der Waals surface area (Å²) < 4.78 is 5.61. The second kappa shape index (κ2) is 6.79. The predicted octanol–water partition coefficient (Wildman–Crippen LogP) is 3.70. The molecule has 0 spiro atoms. The number of hydrogen-bond donors (Lipinski definition) is 0. The first-order valence-corrected chi connectivity index (χ1v) is 6.98. The van der Waals surface area contributed by atoms with E-state index in [1.54, 1.807) is 12.1 Å². The molecule has 0 bridgehead atoms. The van der Waals surface area contributed by atoms with Gasteiger partial charge >= 0.3 is 5.97 Å². The van der Waals surface area contributed by atoms with Crippen molar-refractivity contribution in [1.29, 1.82) is 0 Å². The fourth-order valence-electron chi connectivity index (χ4n) is 1.36. The summed E-state index contributed by atoms with van der Waals surface area (Å²) in [6.45, 7) is 5.43. The predicted molar refractivity (Wildman–Crippen MR) is 82.3 cm³/mol. The maximum atomic E-state index is 12.0. The van der Waals surface area contributed by atoms with Crippen LogP contribution in [0.3, 0.4) is 0 Å². The van der Waals surface area contributed by atoms with Crippen molar-refractivity contribution < 1.29 is 14.3 Å². The number of esters is 1. The Morgan fingerprint density at radius 3 is 2.20 bits per heavy atom. The summed E-state index contributed by atoms with van der Waals surface area (Å²) in [4.78, 5) is 28.0. The first kappa shape index (κ1) is 16.6. The molecule has 0 aromatic heterocycles. The van der Waals surface area contributed by atoms with E-state index in [4.69, 9.17) is 4.74 Å². The van der Waals surface area contributed by atoms with E-state index in [2.05, 4.69) is 20.9 Å². The van der Waals surface area contributed by atoms with Gasteiger partial charge in [-0.15, -0.1) is 0 Å². The van der Waals surface area contributed by atoms with Gasteiger partial charge in [-0.1, -0.05) is 36.7 Å². The molecule has 0 unspecified atom stereocenters. The van der Waals surface area contributed by atoms with Crippen LogP contribution in [0.4, 0.5) is 5.69 Å². The zero-order valence-electron chi connectivity index (χ0n) is 12.1. The van der Waals surface area contributed by atoms with Gasteiger partial charge in [-0.2, -0.15) is 0 Å². The molecular weight excluding hydrogens is 322 g/mol. The third-order valence-corrected chi connectivity index (χ3v) is 3.20. The van der Waals surface area contributed by atoms with Gasteiger partial charge in [-0.25, -0.2) is 9.79 Å². The number of methoxy groups -OCH3 is 1. The van der Waals surface area contributed by atoms with Crippen LogP contribution in [0.2, 0.25) is 0 Å². The van der Waals surface area contributed by atoms with Crippen LogP contribution in [0.1, 0.15) is 27.2 Å². The quantitative estimate of drug-likeness (QED) is 0.620. The van der Waals surface area contributed by atoms with Crippen LogP contribution < -0.4 is 0 Å². The first-order valence-electron chi connectivity index (χ1n) is 6.19. The van der Waals surface area contributed by atoms with E-state index in [1.165, 1.54) is 7.11 Å². The minimum atomic E-state index is -0.578. The summed E-state index contributed by atoms with van der Waals surface area (Å²) in [7, 11) is 1.28. The van der Waals surface area contributed by atoms with Crippen molar-refractivity contribution in [1.82, 2.24) is 0 Å². The molecule has 0 radical (unpaired) electrons. The summed E-state index contributed by atoms with van der Waals surface area (Å²) in [6.07, 6.45) is -0.0355. The Labute approximate surface area is 127 Å². The minimum Gasteiger partial charge on any atom is -0.465 e. The molecule has 0 aliphatic rings. The van der Waals surface area contributed by atoms with Gasteiger partial charge in [0.25, 0.3) is 0 Å². The SMILES string of the molecule is COC(=O)C(CC(=O)C(C)(C)C)=Nc1ccc(Br)cc1. The molecule has 108 valence electrons. The maximum absolute atomic E-state index is 12.0. The molecule has 0 aliphatic heterocycles. The molecule has 1 aromatic rings. The second-order valence-electron chi connectivity index (χ2n) is 5.38. The summed E-state index contributed by atoms with van der Waals surface area (Å²) in [5.41, 5.74) is 0.208. The number of ether oxygens (including phenoxy) is 1. The topological polar surface area (TPSA) is 55.7 Å². The Kier molecular flexibility index (Phi) is 5.62. The fraction of sp³-hybridized carbons (Fsp3) is 0.400. The largest absolute Gasteiger partial charge is 0.465 e. The molecule has 0 N–H and O–H groups in total. The molecule has 20 heavy (non-hydrogen) atoms. The van der Waals surface area contributed by atoms with Gasteiger partial charge in [-0.3, -0.25) is 4.79 Å². The van der Waals surface area contributed by atoms with Gasteiger partial charge in [0.15, 0.2) is 0 Å². The smallest absolute Gasteiger partial charge is 0.352 e. The minimum absolute atomic E-state index is 0.0355. The number of ketones is 1. The van der Waals surface area contributed by atoms with E-state index >= 15 is 0 Å². The molecule has 1 aromatic carbocycles. The number of carbonyl (C=O) groups is 2. The summed E-state index contributed by atoms with van der Waals surface area (Å²) >= 11 is 3.33. The second-order valence-corrected chi connectivity index (χ2v) is 6.29. The fourth-order valence-corrected chi connectivity index (χ4v) is 1.63. The van der Waals surface area contributed by atoms with E-state index in [0.29, 0.717) is 5.69 Å². The lowest BCUT2D eigenvalue weighted by atomic mass is 9.88. The molecule has 0 saturated carbocycles. The Bertz CT molecular complexity index is 527. The Hall–Kier alpha value is -1.49.